The third-order valence-corrected chi connectivity index (χ3v) is 2.87. The molecule has 0 saturated heterocycles. The van der Waals surface area contributed by atoms with Crippen LogP contribution in [-0.2, 0) is 4.79 Å². The van der Waals surface area contributed by atoms with E-state index in [4.69, 9.17) is 5.11 Å². The van der Waals surface area contributed by atoms with Crippen molar-refractivity contribution in [3.05, 3.63) is 66.0 Å². The number of benzene rings is 1. The Kier molecular flexibility index (Phi) is 4.46. The Morgan fingerprint density at radius 3 is 2.43 bits per heavy atom. The number of carbonyl (C=O) groups excluding carboxylic acids is 1. The topological polar surface area (TPSA) is 70.5 Å². The molecule has 1 aromatic heterocycles. The van der Waals surface area contributed by atoms with Gasteiger partial charge in [0.1, 0.15) is 5.69 Å². The van der Waals surface area contributed by atoms with Crippen LogP contribution >= 0.6 is 0 Å². The van der Waals surface area contributed by atoms with Crippen LogP contribution in [0.15, 0.2) is 54.7 Å². The summed E-state index contributed by atoms with van der Waals surface area (Å²) in [6, 6.07) is 12.5. The lowest BCUT2D eigenvalue weighted by molar-refractivity contribution is -0.131. The summed E-state index contributed by atoms with van der Waals surface area (Å²) in [4.78, 5) is 28.3. The van der Waals surface area contributed by atoms with Gasteiger partial charge < -0.3 is 10.0 Å². The predicted molar refractivity (Wildman–Crippen MR) is 80.1 cm³/mol. The van der Waals surface area contributed by atoms with E-state index in [0.29, 0.717) is 11.3 Å². The number of hydrogen-bond acceptors (Lipinski definition) is 3. The molecule has 2 rings (SSSR count). The maximum atomic E-state index is 12.3. The van der Waals surface area contributed by atoms with E-state index in [0.717, 1.165) is 11.8 Å². The second-order valence-corrected chi connectivity index (χ2v) is 4.35. The number of hydrogen-bond donors (Lipinski definition) is 1. The number of carboxylic acids is 1. The number of nitrogens with zero attached hydrogens (tertiary/aromatic N) is 2. The summed E-state index contributed by atoms with van der Waals surface area (Å²) >= 11 is 0. The zero-order chi connectivity index (χ0) is 15.2. The summed E-state index contributed by atoms with van der Waals surface area (Å²) in [5.41, 5.74) is 1.70. The van der Waals surface area contributed by atoms with Gasteiger partial charge in [0.05, 0.1) is 0 Å². The van der Waals surface area contributed by atoms with Crippen molar-refractivity contribution in [2.24, 2.45) is 0 Å². The monoisotopic (exact) mass is 282 g/mol. The second kappa shape index (κ2) is 6.47. The molecular formula is C16H14N2O3. The summed E-state index contributed by atoms with van der Waals surface area (Å²) in [6.45, 7) is 0. The summed E-state index contributed by atoms with van der Waals surface area (Å²) < 4.78 is 0. The van der Waals surface area contributed by atoms with Crippen LogP contribution in [0.3, 0.4) is 0 Å². The van der Waals surface area contributed by atoms with Gasteiger partial charge in [-0.1, -0.05) is 24.3 Å². The maximum Gasteiger partial charge on any atom is 0.328 e. The Morgan fingerprint density at radius 1 is 1.14 bits per heavy atom. The molecule has 1 aromatic carbocycles. The highest BCUT2D eigenvalue weighted by molar-refractivity contribution is 6.04. The molecule has 0 atom stereocenters. The molecule has 0 saturated carbocycles. The van der Waals surface area contributed by atoms with Gasteiger partial charge in [-0.15, -0.1) is 0 Å². The average molecular weight is 282 g/mol. The van der Waals surface area contributed by atoms with Gasteiger partial charge in [0.15, 0.2) is 0 Å². The standard InChI is InChI=1S/C16H14N2O3/c1-18(13-5-3-2-4-6-13)16(21)14-9-7-12(11-17-14)8-10-15(19)20/h2-11H,1H3,(H,19,20). The molecule has 5 heteroatoms. The zero-order valence-corrected chi connectivity index (χ0v) is 11.4. The van der Waals surface area contributed by atoms with E-state index in [9.17, 15) is 9.59 Å². The highest BCUT2D eigenvalue weighted by Gasteiger charge is 2.14. The van der Waals surface area contributed by atoms with Gasteiger partial charge in [-0.2, -0.15) is 0 Å². The fourth-order valence-corrected chi connectivity index (χ4v) is 1.74. The zero-order valence-electron chi connectivity index (χ0n) is 11.4. The van der Waals surface area contributed by atoms with Gasteiger partial charge in [0, 0.05) is 25.0 Å². The molecule has 1 amide bonds. The van der Waals surface area contributed by atoms with Crippen LogP contribution in [0.1, 0.15) is 16.1 Å². The molecule has 0 aliphatic heterocycles. The highest BCUT2D eigenvalue weighted by Crippen LogP contribution is 2.14. The molecular weight excluding hydrogens is 268 g/mol. The molecule has 5 nitrogen and oxygen atoms in total. The van der Waals surface area contributed by atoms with Crippen molar-refractivity contribution in [2.45, 2.75) is 0 Å². The Hall–Kier alpha value is -2.95. The van der Waals surface area contributed by atoms with Gasteiger partial charge in [-0.05, 0) is 29.8 Å². The molecule has 2 aromatic rings. The maximum absolute atomic E-state index is 12.3. The van der Waals surface area contributed by atoms with Crippen molar-refractivity contribution in [3.8, 4) is 0 Å². The normalized spacial score (nSPS) is 10.5. The van der Waals surface area contributed by atoms with E-state index in [-0.39, 0.29) is 5.91 Å². The quantitative estimate of drug-likeness (QED) is 0.874. The number of pyridine rings is 1. The van der Waals surface area contributed by atoms with Crippen molar-refractivity contribution >= 4 is 23.6 Å². The van der Waals surface area contributed by atoms with Crippen LogP contribution in [0.25, 0.3) is 6.08 Å². The molecule has 0 aliphatic carbocycles. The van der Waals surface area contributed by atoms with Crippen molar-refractivity contribution in [2.75, 3.05) is 11.9 Å². The molecule has 0 fully saturated rings. The average Bonchev–Trinajstić information content (AvgIpc) is 2.53. The summed E-state index contributed by atoms with van der Waals surface area (Å²) in [5, 5.41) is 8.55. The van der Waals surface area contributed by atoms with E-state index in [1.165, 1.54) is 17.2 Å². The molecule has 0 radical (unpaired) electrons. The number of amides is 1. The third-order valence-electron chi connectivity index (χ3n) is 2.87. The predicted octanol–water partition coefficient (Wildman–Crippen LogP) is 2.46. The van der Waals surface area contributed by atoms with Crippen molar-refractivity contribution in [3.63, 3.8) is 0 Å². The molecule has 0 spiro atoms. The van der Waals surface area contributed by atoms with E-state index < -0.39 is 5.97 Å². The first kappa shape index (κ1) is 14.5. The second-order valence-electron chi connectivity index (χ2n) is 4.35. The summed E-state index contributed by atoms with van der Waals surface area (Å²) in [5.74, 6) is -1.26. The van der Waals surface area contributed by atoms with Gasteiger partial charge in [0.2, 0.25) is 0 Å². The Bertz CT molecular complexity index is 664. The number of aromatic nitrogens is 1. The minimum Gasteiger partial charge on any atom is -0.478 e. The van der Waals surface area contributed by atoms with Crippen LogP contribution < -0.4 is 4.90 Å². The largest absolute Gasteiger partial charge is 0.478 e. The van der Waals surface area contributed by atoms with Crippen LogP contribution in [0.5, 0.6) is 0 Å². The van der Waals surface area contributed by atoms with Crippen LogP contribution in [-0.4, -0.2) is 29.0 Å². The minimum absolute atomic E-state index is 0.227. The van der Waals surface area contributed by atoms with Gasteiger partial charge in [0.25, 0.3) is 5.91 Å². The van der Waals surface area contributed by atoms with Gasteiger partial charge in [-0.25, -0.2) is 4.79 Å². The molecule has 0 unspecified atom stereocenters. The Morgan fingerprint density at radius 2 is 1.86 bits per heavy atom. The Labute approximate surface area is 122 Å². The number of para-hydroxylation sites is 1. The van der Waals surface area contributed by atoms with Crippen LogP contribution in [0.2, 0.25) is 0 Å². The van der Waals surface area contributed by atoms with E-state index >= 15 is 0 Å². The SMILES string of the molecule is CN(C(=O)c1ccc(C=CC(=O)O)cn1)c1ccccc1. The van der Waals surface area contributed by atoms with Crippen molar-refractivity contribution in [1.82, 2.24) is 4.98 Å². The summed E-state index contributed by atoms with van der Waals surface area (Å²) in [7, 11) is 1.68. The minimum atomic E-state index is -1.03. The number of anilines is 1. The summed E-state index contributed by atoms with van der Waals surface area (Å²) in [6.07, 6.45) is 3.91. The number of aliphatic carboxylic acids is 1. The van der Waals surface area contributed by atoms with Gasteiger partial charge in [-0.3, -0.25) is 9.78 Å². The van der Waals surface area contributed by atoms with Crippen LogP contribution in [0, 0.1) is 0 Å². The van der Waals surface area contributed by atoms with Crippen molar-refractivity contribution < 1.29 is 14.7 Å². The number of rotatable bonds is 4. The van der Waals surface area contributed by atoms with Gasteiger partial charge >= 0.3 is 5.97 Å². The fourth-order valence-electron chi connectivity index (χ4n) is 1.74. The molecule has 1 heterocycles. The number of carboxylic acid groups (broad SMARTS) is 1. The first-order valence-corrected chi connectivity index (χ1v) is 6.28. The lowest BCUT2D eigenvalue weighted by atomic mass is 10.2. The molecule has 0 aliphatic rings. The van der Waals surface area contributed by atoms with Crippen LogP contribution in [0.4, 0.5) is 5.69 Å². The molecule has 0 bridgehead atoms. The first-order chi connectivity index (χ1) is 10.1. The fraction of sp³-hybridized carbons (Fsp3) is 0.0625. The highest BCUT2D eigenvalue weighted by atomic mass is 16.4. The molecule has 1 N–H and O–H groups in total. The van der Waals surface area contributed by atoms with E-state index in [2.05, 4.69) is 4.98 Å². The van der Waals surface area contributed by atoms with Crippen molar-refractivity contribution in [1.29, 1.82) is 0 Å². The molecule has 21 heavy (non-hydrogen) atoms. The molecule has 106 valence electrons. The van der Waals surface area contributed by atoms with E-state index in [1.54, 1.807) is 19.2 Å². The number of carbonyl (C=O) groups is 2. The lowest BCUT2D eigenvalue weighted by Gasteiger charge is -2.16. The third kappa shape index (κ3) is 3.76. The van der Waals surface area contributed by atoms with E-state index in [1.807, 2.05) is 30.3 Å². The first-order valence-electron chi connectivity index (χ1n) is 6.28. The Balaban J connectivity index is 2.15. The lowest BCUT2D eigenvalue weighted by Crippen LogP contribution is -2.26. The smallest absolute Gasteiger partial charge is 0.328 e.